The summed E-state index contributed by atoms with van der Waals surface area (Å²) in [7, 11) is 0.310. The van der Waals surface area contributed by atoms with E-state index in [2.05, 4.69) is 16.9 Å². The number of nitrogens with two attached hydrogens (primary N) is 1. The van der Waals surface area contributed by atoms with Crippen LogP contribution in [0.25, 0.3) is 0 Å². The zero-order valence-electron chi connectivity index (χ0n) is 11.5. The van der Waals surface area contributed by atoms with Crippen molar-refractivity contribution in [3.8, 4) is 0 Å². The van der Waals surface area contributed by atoms with E-state index < -0.39 is 10.0 Å². The first kappa shape index (κ1) is 14.5. The first-order valence-corrected chi connectivity index (χ1v) is 7.93. The second kappa shape index (κ2) is 5.62. The van der Waals surface area contributed by atoms with E-state index in [1.807, 2.05) is 0 Å². The van der Waals surface area contributed by atoms with Crippen LogP contribution in [0, 0.1) is 0 Å². The molecule has 0 radical (unpaired) electrons. The molecule has 3 N–H and O–H groups in total. The molecule has 1 saturated heterocycles. The molecule has 0 saturated carbocycles. The van der Waals surface area contributed by atoms with Crippen LogP contribution in [0.3, 0.4) is 0 Å². The molecule has 1 aromatic rings. The lowest BCUT2D eigenvalue weighted by atomic mass is 10.1. The molecule has 2 rings (SSSR count). The van der Waals surface area contributed by atoms with Gasteiger partial charge in [-0.15, -0.1) is 0 Å². The Balaban J connectivity index is 2.14. The molecule has 1 aliphatic heterocycles. The van der Waals surface area contributed by atoms with Crippen molar-refractivity contribution in [1.82, 2.24) is 14.2 Å². The van der Waals surface area contributed by atoms with Crippen molar-refractivity contribution in [2.75, 3.05) is 27.2 Å². The topological polar surface area (TPSA) is 82.4 Å². The smallest absolute Gasteiger partial charge is 0.244 e. The van der Waals surface area contributed by atoms with Crippen LogP contribution in [0.15, 0.2) is 17.2 Å². The summed E-state index contributed by atoms with van der Waals surface area (Å²) >= 11 is 0. The number of hydrogen-bond acceptors (Lipinski definition) is 4. The molecular weight excluding hydrogens is 264 g/mol. The maximum absolute atomic E-state index is 12.5. The first-order valence-electron chi connectivity index (χ1n) is 6.49. The maximum Gasteiger partial charge on any atom is 0.244 e. The highest BCUT2D eigenvalue weighted by molar-refractivity contribution is 7.89. The summed E-state index contributed by atoms with van der Waals surface area (Å²) in [6.45, 7) is 2.19. The zero-order valence-corrected chi connectivity index (χ0v) is 12.3. The molecule has 6 nitrogen and oxygen atoms in total. The van der Waals surface area contributed by atoms with Gasteiger partial charge >= 0.3 is 0 Å². The van der Waals surface area contributed by atoms with Crippen LogP contribution in [-0.4, -0.2) is 55.8 Å². The lowest BCUT2D eigenvalue weighted by Gasteiger charge is -2.34. The fraction of sp³-hybridized carbons (Fsp3) is 0.667. The zero-order chi connectivity index (χ0) is 14.0. The number of sulfonamides is 1. The van der Waals surface area contributed by atoms with Crippen molar-refractivity contribution in [3.05, 3.63) is 18.0 Å². The molecule has 1 aromatic heterocycles. The van der Waals surface area contributed by atoms with E-state index in [0.717, 1.165) is 31.6 Å². The van der Waals surface area contributed by atoms with Crippen LogP contribution in [-0.2, 0) is 16.6 Å². The Hall–Kier alpha value is -0.890. The van der Waals surface area contributed by atoms with Crippen LogP contribution < -0.4 is 5.73 Å². The Bertz CT molecular complexity index is 518. The minimum absolute atomic E-state index is 0.0810. The molecule has 1 aliphatic rings. The predicted octanol–water partition coefficient (Wildman–Crippen LogP) is 0.188. The van der Waals surface area contributed by atoms with Crippen LogP contribution in [0.5, 0.6) is 0 Å². The third-order valence-electron chi connectivity index (χ3n) is 3.82. The van der Waals surface area contributed by atoms with Gasteiger partial charge in [-0.1, -0.05) is 0 Å². The first-order chi connectivity index (χ1) is 8.95. The van der Waals surface area contributed by atoms with E-state index in [4.69, 9.17) is 5.73 Å². The van der Waals surface area contributed by atoms with Gasteiger partial charge in [0.15, 0.2) is 0 Å². The van der Waals surface area contributed by atoms with E-state index in [-0.39, 0.29) is 6.04 Å². The fourth-order valence-corrected chi connectivity index (χ4v) is 3.84. The minimum atomic E-state index is -3.42. The SMILES string of the molecule is CN1CCC(N(C)S(=O)(=O)c2c[nH]c(CN)c2)CC1. The van der Waals surface area contributed by atoms with Gasteiger partial charge in [-0.25, -0.2) is 8.42 Å². The monoisotopic (exact) mass is 286 g/mol. The average Bonchev–Trinajstić information content (AvgIpc) is 2.88. The number of likely N-dealkylation sites (tertiary alicyclic amines) is 1. The summed E-state index contributed by atoms with van der Waals surface area (Å²) in [5, 5.41) is 0. The minimum Gasteiger partial charge on any atom is -0.363 e. The van der Waals surface area contributed by atoms with Crippen molar-refractivity contribution in [2.45, 2.75) is 30.3 Å². The highest BCUT2D eigenvalue weighted by Crippen LogP contribution is 2.22. The summed E-state index contributed by atoms with van der Waals surface area (Å²) in [4.78, 5) is 5.41. The van der Waals surface area contributed by atoms with E-state index in [9.17, 15) is 8.42 Å². The lowest BCUT2D eigenvalue weighted by Crippen LogP contribution is -2.44. The highest BCUT2D eigenvalue weighted by Gasteiger charge is 2.30. The molecular formula is C12H22N4O2S. The summed E-state index contributed by atoms with van der Waals surface area (Å²) in [6.07, 6.45) is 3.27. The van der Waals surface area contributed by atoms with Crippen LogP contribution >= 0.6 is 0 Å². The molecule has 0 aromatic carbocycles. The van der Waals surface area contributed by atoms with Crippen molar-refractivity contribution in [3.63, 3.8) is 0 Å². The Labute approximate surface area is 114 Å². The quantitative estimate of drug-likeness (QED) is 0.827. The van der Waals surface area contributed by atoms with E-state index in [0.29, 0.717) is 11.4 Å². The van der Waals surface area contributed by atoms with Gasteiger partial charge in [0.05, 0.1) is 4.90 Å². The third kappa shape index (κ3) is 3.00. The molecule has 2 heterocycles. The Morgan fingerprint density at radius 1 is 1.47 bits per heavy atom. The number of rotatable bonds is 4. The van der Waals surface area contributed by atoms with Gasteiger partial charge in [0.2, 0.25) is 10.0 Å². The van der Waals surface area contributed by atoms with Crippen molar-refractivity contribution in [1.29, 1.82) is 0 Å². The summed E-state index contributed by atoms with van der Waals surface area (Å²) in [5.74, 6) is 0. The largest absolute Gasteiger partial charge is 0.363 e. The number of aromatic nitrogens is 1. The number of nitrogens with one attached hydrogen (secondary N) is 1. The summed E-state index contributed by atoms with van der Waals surface area (Å²) in [5.41, 5.74) is 6.23. The van der Waals surface area contributed by atoms with E-state index in [1.165, 1.54) is 10.5 Å². The number of H-pyrrole nitrogens is 1. The Morgan fingerprint density at radius 2 is 2.11 bits per heavy atom. The summed E-state index contributed by atoms with van der Waals surface area (Å²) in [6, 6.07) is 1.69. The number of nitrogens with zero attached hydrogens (tertiary/aromatic N) is 2. The normalized spacial score (nSPS) is 19.2. The van der Waals surface area contributed by atoms with Gasteiger partial charge in [-0.3, -0.25) is 0 Å². The van der Waals surface area contributed by atoms with E-state index >= 15 is 0 Å². The third-order valence-corrected chi connectivity index (χ3v) is 5.70. The molecule has 0 atom stereocenters. The van der Waals surface area contributed by atoms with Gasteiger partial charge < -0.3 is 15.6 Å². The molecule has 0 aliphatic carbocycles. The predicted molar refractivity (Wildman–Crippen MR) is 74.2 cm³/mol. The molecule has 0 spiro atoms. The van der Waals surface area contributed by atoms with E-state index in [1.54, 1.807) is 13.1 Å². The molecule has 7 heteroatoms. The van der Waals surface area contributed by atoms with Crippen molar-refractivity contribution < 1.29 is 8.42 Å². The fourth-order valence-electron chi connectivity index (χ4n) is 2.41. The average molecular weight is 286 g/mol. The van der Waals surface area contributed by atoms with Crippen molar-refractivity contribution in [2.24, 2.45) is 5.73 Å². The summed E-state index contributed by atoms with van der Waals surface area (Å²) < 4.78 is 26.5. The number of aromatic amines is 1. The van der Waals surface area contributed by atoms with Gasteiger partial charge in [-0.05, 0) is 39.0 Å². The van der Waals surface area contributed by atoms with Crippen LogP contribution in [0.2, 0.25) is 0 Å². The van der Waals surface area contributed by atoms with Crippen molar-refractivity contribution >= 4 is 10.0 Å². The molecule has 19 heavy (non-hydrogen) atoms. The molecule has 1 fully saturated rings. The second-order valence-corrected chi connectivity index (χ2v) is 7.12. The van der Waals surface area contributed by atoms with Crippen LogP contribution in [0.4, 0.5) is 0 Å². The molecule has 0 amide bonds. The Kier molecular flexibility index (Phi) is 4.29. The second-order valence-electron chi connectivity index (χ2n) is 5.12. The van der Waals surface area contributed by atoms with Gasteiger partial charge in [-0.2, -0.15) is 4.31 Å². The van der Waals surface area contributed by atoms with Gasteiger partial charge in [0, 0.05) is 31.5 Å². The Morgan fingerprint density at radius 3 is 2.63 bits per heavy atom. The highest BCUT2D eigenvalue weighted by atomic mass is 32.2. The van der Waals surface area contributed by atoms with Crippen LogP contribution in [0.1, 0.15) is 18.5 Å². The lowest BCUT2D eigenvalue weighted by molar-refractivity contribution is 0.197. The van der Waals surface area contributed by atoms with Gasteiger partial charge in [0.25, 0.3) is 0 Å². The molecule has 108 valence electrons. The van der Waals surface area contributed by atoms with Gasteiger partial charge in [0.1, 0.15) is 0 Å². The number of hydrogen-bond donors (Lipinski definition) is 2. The molecule has 0 bridgehead atoms. The number of piperidine rings is 1. The molecule has 0 unspecified atom stereocenters. The maximum atomic E-state index is 12.5. The standard InChI is InChI=1S/C12H22N4O2S/c1-15-5-3-11(4-6-15)16(2)19(17,18)12-7-10(8-13)14-9-12/h7,9,11,14H,3-6,8,13H2,1-2H3.